The van der Waals surface area contributed by atoms with Gasteiger partial charge < -0.3 is 25.2 Å². The first-order valence-corrected chi connectivity index (χ1v) is 11.9. The van der Waals surface area contributed by atoms with E-state index in [-0.39, 0.29) is 25.0 Å². The number of nitrogens with zero attached hydrogens (tertiary/aromatic N) is 1. The monoisotopic (exact) mass is 464 g/mol. The average Bonchev–Trinajstić information content (AvgIpc) is 3.26. The van der Waals surface area contributed by atoms with Crippen molar-refractivity contribution in [2.75, 3.05) is 13.2 Å². The smallest absolute Gasteiger partial charge is 0.247 e. The lowest BCUT2D eigenvalue weighted by Crippen LogP contribution is -2.55. The van der Waals surface area contributed by atoms with Crippen molar-refractivity contribution in [1.82, 2.24) is 10.2 Å². The van der Waals surface area contributed by atoms with Crippen molar-refractivity contribution in [2.24, 2.45) is 0 Å². The molecule has 2 aromatic rings. The van der Waals surface area contributed by atoms with E-state index in [0.29, 0.717) is 24.3 Å². The van der Waals surface area contributed by atoms with Crippen LogP contribution in [0.5, 0.6) is 5.75 Å². The van der Waals surface area contributed by atoms with E-state index in [1.807, 2.05) is 61.5 Å². The highest BCUT2D eigenvalue weighted by Crippen LogP contribution is 2.47. The van der Waals surface area contributed by atoms with Crippen molar-refractivity contribution >= 4 is 11.8 Å². The van der Waals surface area contributed by atoms with Crippen LogP contribution in [-0.2, 0) is 16.1 Å². The number of benzene rings is 2. The molecule has 4 atom stereocenters. The van der Waals surface area contributed by atoms with Gasteiger partial charge in [-0.05, 0) is 24.1 Å². The highest BCUT2D eigenvalue weighted by Gasteiger charge is 2.50. The summed E-state index contributed by atoms with van der Waals surface area (Å²) in [5, 5.41) is 23.4. The molecule has 7 nitrogen and oxygen atoms in total. The Labute approximate surface area is 200 Å². The van der Waals surface area contributed by atoms with Gasteiger partial charge in [0.2, 0.25) is 11.8 Å². The Bertz CT molecular complexity index is 1040. The highest BCUT2D eigenvalue weighted by molar-refractivity contribution is 5.96. The lowest BCUT2D eigenvalue weighted by Gasteiger charge is -2.41. The van der Waals surface area contributed by atoms with Crippen molar-refractivity contribution in [2.45, 2.75) is 56.9 Å². The van der Waals surface area contributed by atoms with Gasteiger partial charge in [-0.15, -0.1) is 0 Å². The van der Waals surface area contributed by atoms with E-state index >= 15 is 0 Å². The zero-order chi connectivity index (χ0) is 24.1. The molecule has 2 aliphatic rings. The summed E-state index contributed by atoms with van der Waals surface area (Å²) in [6.07, 6.45) is 2.00. The molecule has 4 rings (SSSR count). The maximum atomic E-state index is 13.3. The Kier molecular flexibility index (Phi) is 7.65. The van der Waals surface area contributed by atoms with E-state index in [1.54, 1.807) is 11.0 Å². The van der Waals surface area contributed by atoms with Gasteiger partial charge in [0.05, 0.1) is 18.6 Å². The number of carbonyl (C=O) groups excluding carboxylic acids is 2. The lowest BCUT2D eigenvalue weighted by molar-refractivity contribution is -0.138. The fourth-order valence-electron chi connectivity index (χ4n) is 4.80. The van der Waals surface area contributed by atoms with Crippen molar-refractivity contribution < 1.29 is 24.5 Å². The van der Waals surface area contributed by atoms with Crippen LogP contribution in [0.15, 0.2) is 66.2 Å². The third kappa shape index (κ3) is 4.86. The molecule has 0 spiro atoms. The summed E-state index contributed by atoms with van der Waals surface area (Å²) < 4.78 is 6.14. The van der Waals surface area contributed by atoms with Crippen molar-refractivity contribution in [3.8, 4) is 5.75 Å². The zero-order valence-electron chi connectivity index (χ0n) is 19.4. The van der Waals surface area contributed by atoms with Crippen molar-refractivity contribution in [3.63, 3.8) is 0 Å². The first-order chi connectivity index (χ1) is 16.5. The topological polar surface area (TPSA) is 99.1 Å². The number of aliphatic hydroxyl groups is 2. The molecular weight excluding hydrogens is 432 g/mol. The van der Waals surface area contributed by atoms with Crippen LogP contribution in [0.4, 0.5) is 0 Å². The first kappa shape index (κ1) is 24.0. The zero-order valence-corrected chi connectivity index (χ0v) is 19.4. The van der Waals surface area contributed by atoms with E-state index in [1.165, 1.54) is 0 Å². The maximum Gasteiger partial charge on any atom is 0.247 e. The number of fused-ring (bicyclic) bond motifs is 3. The minimum atomic E-state index is -1.01. The third-order valence-electron chi connectivity index (χ3n) is 6.50. The van der Waals surface area contributed by atoms with Crippen LogP contribution in [0.2, 0.25) is 0 Å². The Balaban J connectivity index is 1.74. The van der Waals surface area contributed by atoms with Gasteiger partial charge in [0.15, 0.2) is 0 Å². The second kappa shape index (κ2) is 10.8. The summed E-state index contributed by atoms with van der Waals surface area (Å²) >= 11 is 0. The van der Waals surface area contributed by atoms with E-state index in [2.05, 4.69) is 5.32 Å². The number of unbranched alkanes of at least 4 members (excludes halogenated alkanes) is 1. The Morgan fingerprint density at radius 3 is 2.56 bits per heavy atom. The van der Waals surface area contributed by atoms with Gasteiger partial charge in [0.25, 0.3) is 0 Å². The van der Waals surface area contributed by atoms with Crippen LogP contribution in [0, 0.1) is 0 Å². The molecule has 0 saturated heterocycles. The Hall–Kier alpha value is -3.16. The van der Waals surface area contributed by atoms with Crippen LogP contribution < -0.4 is 10.1 Å². The quantitative estimate of drug-likeness (QED) is 0.530. The molecule has 0 fully saturated rings. The molecule has 1 aliphatic heterocycles. The summed E-state index contributed by atoms with van der Waals surface area (Å²) in [6.45, 7) is 2.29. The molecule has 1 heterocycles. The highest BCUT2D eigenvalue weighted by atomic mass is 16.5. The van der Waals surface area contributed by atoms with Gasteiger partial charge in [0.1, 0.15) is 18.0 Å². The molecule has 2 amide bonds. The van der Waals surface area contributed by atoms with E-state index in [9.17, 15) is 19.8 Å². The number of ether oxygens (including phenoxy) is 1. The fraction of sp³-hybridized carbons (Fsp3) is 0.407. The normalized spacial score (nSPS) is 22.7. The molecule has 2 aromatic carbocycles. The predicted octanol–water partition coefficient (Wildman–Crippen LogP) is 2.53. The third-order valence-corrected chi connectivity index (χ3v) is 6.50. The molecule has 1 aliphatic carbocycles. The molecule has 34 heavy (non-hydrogen) atoms. The summed E-state index contributed by atoms with van der Waals surface area (Å²) in [5.74, 6) is -0.229. The standard InChI is InChI=1S/C27H32N2O5/c1-2-3-13-23(31)29(17-18-9-5-4-6-10-18)21-16-20(27(33)28-14-15-30)24-19-11-7-8-12-22(19)34-26(24)25(21)32/h4-12,16,21,24-26,30,32H,2-3,13-15,17H2,1H3,(H,28,33)/t21-,24+,25+,26+/m1/s1. The van der Waals surface area contributed by atoms with Crippen LogP contribution in [0.3, 0.4) is 0 Å². The molecule has 3 N–H and O–H groups in total. The first-order valence-electron chi connectivity index (χ1n) is 11.9. The number of para-hydroxylation sites is 1. The van der Waals surface area contributed by atoms with Gasteiger partial charge in [-0.3, -0.25) is 9.59 Å². The second-order valence-corrected chi connectivity index (χ2v) is 8.79. The summed E-state index contributed by atoms with van der Waals surface area (Å²) in [6, 6.07) is 16.4. The van der Waals surface area contributed by atoms with E-state index < -0.39 is 24.2 Å². The summed E-state index contributed by atoms with van der Waals surface area (Å²) in [4.78, 5) is 28.1. The molecule has 180 valence electrons. The molecule has 0 saturated carbocycles. The molecule has 0 radical (unpaired) electrons. The fourth-order valence-corrected chi connectivity index (χ4v) is 4.80. The molecule has 0 unspecified atom stereocenters. The van der Waals surface area contributed by atoms with E-state index in [0.717, 1.165) is 24.0 Å². The minimum Gasteiger partial charge on any atom is -0.486 e. The molecule has 7 heteroatoms. The largest absolute Gasteiger partial charge is 0.486 e. The van der Waals surface area contributed by atoms with Crippen molar-refractivity contribution in [3.05, 3.63) is 77.4 Å². The van der Waals surface area contributed by atoms with Crippen molar-refractivity contribution in [1.29, 1.82) is 0 Å². The summed E-state index contributed by atoms with van der Waals surface area (Å²) in [5.41, 5.74) is 2.22. The minimum absolute atomic E-state index is 0.0740. The van der Waals surface area contributed by atoms with Gasteiger partial charge in [0, 0.05) is 30.6 Å². The number of carbonyl (C=O) groups is 2. The average molecular weight is 465 g/mol. The number of rotatable bonds is 9. The molecular formula is C27H32N2O5. The van der Waals surface area contributed by atoms with Gasteiger partial charge in [-0.25, -0.2) is 0 Å². The molecule has 0 bridgehead atoms. The van der Waals surface area contributed by atoms with Crippen LogP contribution in [-0.4, -0.2) is 58.3 Å². The van der Waals surface area contributed by atoms with Gasteiger partial charge in [-0.2, -0.15) is 0 Å². The lowest BCUT2D eigenvalue weighted by atomic mass is 9.77. The second-order valence-electron chi connectivity index (χ2n) is 8.79. The number of hydrogen-bond donors (Lipinski definition) is 3. The summed E-state index contributed by atoms with van der Waals surface area (Å²) in [7, 11) is 0. The van der Waals surface area contributed by atoms with Gasteiger partial charge >= 0.3 is 0 Å². The Morgan fingerprint density at radius 2 is 1.82 bits per heavy atom. The predicted molar refractivity (Wildman–Crippen MR) is 128 cm³/mol. The van der Waals surface area contributed by atoms with E-state index in [4.69, 9.17) is 4.74 Å². The number of amides is 2. The Morgan fingerprint density at radius 1 is 1.09 bits per heavy atom. The number of hydrogen-bond acceptors (Lipinski definition) is 5. The van der Waals surface area contributed by atoms with Crippen LogP contribution >= 0.6 is 0 Å². The van der Waals surface area contributed by atoms with Crippen LogP contribution in [0.25, 0.3) is 0 Å². The number of nitrogens with one attached hydrogen (secondary N) is 1. The van der Waals surface area contributed by atoms with Gasteiger partial charge in [-0.1, -0.05) is 61.9 Å². The SMILES string of the molecule is CCCCC(=O)N(Cc1ccccc1)[C@@H]1C=C(C(=O)NCCO)[C@@H]2c3ccccc3O[C@@H]2[C@H]1O. The van der Waals surface area contributed by atoms with Crippen LogP contribution in [0.1, 0.15) is 43.2 Å². The molecule has 0 aromatic heterocycles. The maximum absolute atomic E-state index is 13.3. The number of aliphatic hydroxyl groups excluding tert-OH is 2.